The monoisotopic (exact) mass is 460 g/mol. The van der Waals surface area contributed by atoms with E-state index in [2.05, 4.69) is 22.5 Å². The minimum absolute atomic E-state index is 0.106. The molecule has 0 saturated carbocycles. The summed E-state index contributed by atoms with van der Waals surface area (Å²) in [6.45, 7) is 5.03. The number of aliphatic hydroxyl groups is 1. The average molecular weight is 460 g/mol. The number of rotatable bonds is 9. The molecule has 1 aliphatic carbocycles. The van der Waals surface area contributed by atoms with Crippen molar-refractivity contribution in [2.45, 2.75) is 37.6 Å². The van der Waals surface area contributed by atoms with Gasteiger partial charge in [0, 0.05) is 24.1 Å². The predicted octanol–water partition coefficient (Wildman–Crippen LogP) is -0.245. The number of primary amides is 1. The van der Waals surface area contributed by atoms with Crippen LogP contribution in [0.5, 0.6) is 5.75 Å². The zero-order valence-corrected chi connectivity index (χ0v) is 18.4. The van der Waals surface area contributed by atoms with Crippen LogP contribution in [0, 0.1) is 0 Å². The van der Waals surface area contributed by atoms with Crippen LogP contribution >= 0.6 is 0 Å². The zero-order valence-electron chi connectivity index (χ0n) is 18.4. The van der Waals surface area contributed by atoms with Crippen LogP contribution in [0.2, 0.25) is 0 Å². The van der Waals surface area contributed by atoms with Crippen molar-refractivity contribution < 1.29 is 33.8 Å². The molecule has 0 heterocycles. The van der Waals surface area contributed by atoms with Crippen LogP contribution in [0.15, 0.2) is 48.6 Å². The van der Waals surface area contributed by atoms with Crippen molar-refractivity contribution >= 4 is 23.8 Å². The van der Waals surface area contributed by atoms with Gasteiger partial charge in [0.25, 0.3) is 5.91 Å². The van der Waals surface area contributed by atoms with Gasteiger partial charge < -0.3 is 36.3 Å². The molecule has 11 heteroatoms. The summed E-state index contributed by atoms with van der Waals surface area (Å²) in [4.78, 5) is 48.6. The Morgan fingerprint density at radius 3 is 2.48 bits per heavy atom. The number of alkyl carbamates (subject to hydrolysis) is 1. The highest BCUT2D eigenvalue weighted by Crippen LogP contribution is 2.23. The second kappa shape index (κ2) is 11.7. The topological polar surface area (TPSA) is 169 Å². The largest absolute Gasteiger partial charge is 0.497 e. The Morgan fingerprint density at radius 1 is 1.24 bits per heavy atom. The molecule has 0 fully saturated rings. The van der Waals surface area contributed by atoms with E-state index < -0.39 is 48.1 Å². The van der Waals surface area contributed by atoms with Crippen LogP contribution in [0.1, 0.15) is 23.7 Å². The molecule has 0 radical (unpaired) electrons. The average Bonchev–Trinajstić information content (AvgIpc) is 2.79. The molecule has 0 bridgehead atoms. The first kappa shape index (κ1) is 25.4. The summed E-state index contributed by atoms with van der Waals surface area (Å²) in [5, 5.41) is 18.2. The predicted molar refractivity (Wildman–Crippen MR) is 118 cm³/mol. The standard InChI is InChI=1S/C22H28N4O7/c1-4-9-24-22(31)33-17-11-14(21(30)25-12(2)19(23)28)10-16(18(17)27)26-20(29)13-5-7-15(32-3)8-6-13/h4-8,10,12,16-18,27H,1,9,11H2,2-3H3,(H2,23,28)(H,24,31)(H,25,30)(H,26,29)/t12-,16-,17-,18-/m1/s1. The Bertz CT molecular complexity index is 929. The van der Waals surface area contributed by atoms with E-state index >= 15 is 0 Å². The van der Waals surface area contributed by atoms with Gasteiger partial charge in [0.2, 0.25) is 11.8 Å². The van der Waals surface area contributed by atoms with Crippen LogP contribution in [-0.4, -0.2) is 66.9 Å². The number of carbonyl (C=O) groups is 4. The second-order valence-corrected chi connectivity index (χ2v) is 7.33. The van der Waals surface area contributed by atoms with Crippen LogP contribution < -0.4 is 26.4 Å². The van der Waals surface area contributed by atoms with Crippen LogP contribution in [0.4, 0.5) is 4.79 Å². The van der Waals surface area contributed by atoms with E-state index in [9.17, 15) is 24.3 Å². The van der Waals surface area contributed by atoms with Gasteiger partial charge in [0.05, 0.1) is 13.2 Å². The molecule has 4 atom stereocenters. The van der Waals surface area contributed by atoms with E-state index in [0.29, 0.717) is 5.75 Å². The zero-order chi connectivity index (χ0) is 24.5. The van der Waals surface area contributed by atoms with Gasteiger partial charge in [-0.05, 0) is 31.2 Å². The number of amides is 4. The lowest BCUT2D eigenvalue weighted by Crippen LogP contribution is -2.53. The van der Waals surface area contributed by atoms with E-state index in [1.54, 1.807) is 12.1 Å². The maximum absolute atomic E-state index is 12.7. The Morgan fingerprint density at radius 2 is 1.91 bits per heavy atom. The highest BCUT2D eigenvalue weighted by molar-refractivity contribution is 5.98. The number of ether oxygens (including phenoxy) is 2. The number of benzene rings is 1. The maximum atomic E-state index is 12.7. The third-order valence-electron chi connectivity index (χ3n) is 4.92. The number of carbonyl (C=O) groups excluding carboxylic acids is 4. The molecule has 0 saturated heterocycles. The summed E-state index contributed by atoms with van der Waals surface area (Å²) in [5.41, 5.74) is 5.58. The number of hydrogen-bond donors (Lipinski definition) is 5. The lowest BCUT2D eigenvalue weighted by Gasteiger charge is -2.33. The van der Waals surface area contributed by atoms with Gasteiger partial charge in [-0.3, -0.25) is 14.4 Å². The third-order valence-corrected chi connectivity index (χ3v) is 4.92. The molecule has 2 rings (SSSR count). The molecule has 6 N–H and O–H groups in total. The molecule has 0 spiro atoms. The van der Waals surface area contributed by atoms with E-state index in [1.165, 1.54) is 38.3 Å². The lowest BCUT2D eigenvalue weighted by atomic mass is 9.89. The SMILES string of the molecule is C=CCNC(=O)O[C@@H]1CC(C(=O)N[C@H](C)C(N)=O)=C[C@@H](NC(=O)c2ccc(OC)cc2)[C@H]1O. The normalized spacial score (nSPS) is 20.5. The van der Waals surface area contributed by atoms with Gasteiger partial charge >= 0.3 is 6.09 Å². The summed E-state index contributed by atoms with van der Waals surface area (Å²) >= 11 is 0. The van der Waals surface area contributed by atoms with Gasteiger partial charge in [0.15, 0.2) is 0 Å². The lowest BCUT2D eigenvalue weighted by molar-refractivity contribution is -0.125. The first-order chi connectivity index (χ1) is 15.7. The van der Waals surface area contributed by atoms with Crippen molar-refractivity contribution in [3.63, 3.8) is 0 Å². The van der Waals surface area contributed by atoms with Crippen molar-refractivity contribution in [2.75, 3.05) is 13.7 Å². The van der Waals surface area contributed by atoms with E-state index in [-0.39, 0.29) is 24.1 Å². The summed E-state index contributed by atoms with van der Waals surface area (Å²) in [7, 11) is 1.50. The number of hydrogen-bond acceptors (Lipinski definition) is 7. The molecular formula is C22H28N4O7. The molecule has 0 aliphatic heterocycles. The molecule has 1 aromatic carbocycles. The first-order valence-electron chi connectivity index (χ1n) is 10.2. The summed E-state index contributed by atoms with van der Waals surface area (Å²) < 4.78 is 10.3. The third kappa shape index (κ3) is 7.07. The Labute approximate surface area is 191 Å². The van der Waals surface area contributed by atoms with Gasteiger partial charge in [0.1, 0.15) is 24.0 Å². The van der Waals surface area contributed by atoms with Crippen molar-refractivity contribution in [2.24, 2.45) is 5.73 Å². The van der Waals surface area contributed by atoms with Crippen LogP contribution in [0.3, 0.4) is 0 Å². The Kier molecular flexibility index (Phi) is 8.98. The smallest absolute Gasteiger partial charge is 0.407 e. The highest BCUT2D eigenvalue weighted by Gasteiger charge is 2.37. The van der Waals surface area contributed by atoms with Gasteiger partial charge in [-0.25, -0.2) is 4.79 Å². The molecule has 0 unspecified atom stereocenters. The Balaban J connectivity index is 2.24. The fourth-order valence-corrected chi connectivity index (χ4v) is 3.03. The molecule has 1 aromatic rings. The fraction of sp³-hybridized carbons (Fsp3) is 0.364. The first-order valence-corrected chi connectivity index (χ1v) is 10.2. The van der Waals surface area contributed by atoms with Crippen molar-refractivity contribution in [1.82, 2.24) is 16.0 Å². The molecule has 33 heavy (non-hydrogen) atoms. The summed E-state index contributed by atoms with van der Waals surface area (Å²) in [5.74, 6) is -1.34. The molecule has 4 amide bonds. The summed E-state index contributed by atoms with van der Waals surface area (Å²) in [6, 6.07) is 4.25. The van der Waals surface area contributed by atoms with Crippen molar-refractivity contribution in [3.8, 4) is 5.75 Å². The minimum Gasteiger partial charge on any atom is -0.497 e. The van der Waals surface area contributed by atoms with Gasteiger partial charge in [-0.15, -0.1) is 6.58 Å². The number of nitrogens with one attached hydrogen (secondary N) is 3. The highest BCUT2D eigenvalue weighted by atomic mass is 16.6. The number of nitrogens with two attached hydrogens (primary N) is 1. The van der Waals surface area contributed by atoms with E-state index in [0.717, 1.165) is 0 Å². The molecule has 178 valence electrons. The fourth-order valence-electron chi connectivity index (χ4n) is 3.03. The minimum atomic E-state index is -1.34. The van der Waals surface area contributed by atoms with E-state index in [4.69, 9.17) is 15.2 Å². The number of aliphatic hydroxyl groups excluding tert-OH is 1. The van der Waals surface area contributed by atoms with Crippen LogP contribution in [0.25, 0.3) is 0 Å². The van der Waals surface area contributed by atoms with Gasteiger partial charge in [-0.1, -0.05) is 12.2 Å². The van der Waals surface area contributed by atoms with E-state index in [1.807, 2.05) is 0 Å². The molecule has 0 aromatic heterocycles. The second-order valence-electron chi connectivity index (χ2n) is 7.33. The summed E-state index contributed by atoms with van der Waals surface area (Å²) in [6.07, 6.45) is -0.657. The van der Waals surface area contributed by atoms with Crippen LogP contribution in [-0.2, 0) is 14.3 Å². The maximum Gasteiger partial charge on any atom is 0.407 e. The quantitative estimate of drug-likeness (QED) is 0.317. The molecular weight excluding hydrogens is 432 g/mol. The van der Waals surface area contributed by atoms with Crippen molar-refractivity contribution in [1.29, 1.82) is 0 Å². The Hall–Kier alpha value is -3.86. The molecule has 11 nitrogen and oxygen atoms in total. The number of methoxy groups -OCH3 is 1. The molecule has 1 aliphatic rings. The van der Waals surface area contributed by atoms with Gasteiger partial charge in [-0.2, -0.15) is 0 Å². The van der Waals surface area contributed by atoms with Crippen molar-refractivity contribution in [3.05, 3.63) is 54.1 Å².